The van der Waals surface area contributed by atoms with Crippen molar-refractivity contribution in [3.8, 4) is 0 Å². The number of carbonyl (C=O) groups is 2. The van der Waals surface area contributed by atoms with Crippen molar-refractivity contribution >= 4 is 35.0 Å². The maximum atomic E-state index is 14.1. The van der Waals surface area contributed by atoms with E-state index in [-0.39, 0.29) is 17.6 Å². The molecule has 0 aromatic heterocycles. The van der Waals surface area contributed by atoms with Crippen LogP contribution in [0.5, 0.6) is 0 Å². The molecule has 1 N–H and O–H groups in total. The van der Waals surface area contributed by atoms with Crippen LogP contribution in [0.1, 0.15) is 33.1 Å². The van der Waals surface area contributed by atoms with Gasteiger partial charge in [-0.3, -0.25) is 9.59 Å². The fraction of sp³-hybridized carbons (Fsp3) is 0.500. The van der Waals surface area contributed by atoms with Crippen LogP contribution >= 0.6 is 11.8 Å². The number of hydrogen-bond donors (Lipinski definition) is 1. The van der Waals surface area contributed by atoms with Gasteiger partial charge in [0.05, 0.1) is 5.88 Å². The molecular weight excluding hydrogens is 365 g/mol. The Morgan fingerprint density at radius 3 is 2.74 bits per heavy atom. The standard InChI is InChI=1S/C20H26FN3O2S/c1-3-6-14(2)20(26)24-13-27-12-18(24)19(25)22-16-9-15(21)10-17(11-16)23-7-4-5-8-23/h6,9-11,18H,3-5,7-8,12-13H2,1-2H3,(H,22,25)/b14-6-. The molecule has 1 aromatic carbocycles. The maximum absolute atomic E-state index is 14.1. The minimum absolute atomic E-state index is 0.112. The van der Waals surface area contributed by atoms with Crippen LogP contribution in [0, 0.1) is 5.82 Å². The van der Waals surface area contributed by atoms with Gasteiger partial charge in [0.1, 0.15) is 11.9 Å². The summed E-state index contributed by atoms with van der Waals surface area (Å²) < 4.78 is 14.1. The van der Waals surface area contributed by atoms with Crippen molar-refractivity contribution < 1.29 is 14.0 Å². The summed E-state index contributed by atoms with van der Waals surface area (Å²) in [7, 11) is 0. The quantitative estimate of drug-likeness (QED) is 0.779. The van der Waals surface area contributed by atoms with Crippen LogP contribution in [-0.4, -0.2) is 47.5 Å². The molecule has 146 valence electrons. The summed E-state index contributed by atoms with van der Waals surface area (Å²) in [6, 6.07) is 4.10. The van der Waals surface area contributed by atoms with Crippen molar-refractivity contribution in [2.75, 3.05) is 34.9 Å². The number of carbonyl (C=O) groups excluding carboxylic acids is 2. The zero-order valence-electron chi connectivity index (χ0n) is 15.8. The summed E-state index contributed by atoms with van der Waals surface area (Å²) in [5.41, 5.74) is 1.88. The first-order valence-electron chi connectivity index (χ1n) is 9.41. The van der Waals surface area contributed by atoms with Crippen LogP contribution < -0.4 is 10.2 Å². The fourth-order valence-corrected chi connectivity index (χ4v) is 4.66. The number of halogens is 1. The van der Waals surface area contributed by atoms with Gasteiger partial charge in [-0.2, -0.15) is 0 Å². The highest BCUT2D eigenvalue weighted by Crippen LogP contribution is 2.27. The minimum atomic E-state index is -0.541. The summed E-state index contributed by atoms with van der Waals surface area (Å²) in [6.07, 6.45) is 4.84. The van der Waals surface area contributed by atoms with Crippen LogP contribution in [-0.2, 0) is 9.59 Å². The van der Waals surface area contributed by atoms with Gasteiger partial charge in [-0.15, -0.1) is 11.8 Å². The zero-order chi connectivity index (χ0) is 19.4. The first kappa shape index (κ1) is 19.7. The topological polar surface area (TPSA) is 52.7 Å². The second kappa shape index (κ2) is 8.78. The molecular formula is C20H26FN3O2S. The smallest absolute Gasteiger partial charge is 0.250 e. The van der Waals surface area contributed by atoms with Gasteiger partial charge < -0.3 is 15.1 Å². The van der Waals surface area contributed by atoms with E-state index >= 15 is 0 Å². The van der Waals surface area contributed by atoms with Crippen LogP contribution in [0.25, 0.3) is 0 Å². The molecule has 2 fully saturated rings. The molecule has 7 heteroatoms. The number of allylic oxidation sites excluding steroid dienone is 1. The normalized spacial score (nSPS) is 20.3. The first-order chi connectivity index (χ1) is 13.0. The van der Waals surface area contributed by atoms with Crippen molar-refractivity contribution in [1.82, 2.24) is 4.90 Å². The molecule has 0 radical (unpaired) electrons. The molecule has 5 nitrogen and oxygen atoms in total. The van der Waals surface area contributed by atoms with Crippen molar-refractivity contribution in [1.29, 1.82) is 0 Å². The Labute approximate surface area is 164 Å². The third-order valence-corrected chi connectivity index (χ3v) is 5.93. The number of thioether (sulfide) groups is 1. The highest BCUT2D eigenvalue weighted by atomic mass is 32.2. The second-order valence-electron chi connectivity index (χ2n) is 6.97. The Kier molecular flexibility index (Phi) is 6.42. The second-order valence-corrected chi connectivity index (χ2v) is 7.97. The van der Waals surface area contributed by atoms with Gasteiger partial charge >= 0.3 is 0 Å². The monoisotopic (exact) mass is 391 g/mol. The largest absolute Gasteiger partial charge is 0.371 e. The van der Waals surface area contributed by atoms with E-state index < -0.39 is 6.04 Å². The maximum Gasteiger partial charge on any atom is 0.250 e. The summed E-state index contributed by atoms with van der Waals surface area (Å²) in [6.45, 7) is 5.56. The van der Waals surface area contributed by atoms with Crippen LogP contribution in [0.2, 0.25) is 0 Å². The number of nitrogens with one attached hydrogen (secondary N) is 1. The van der Waals surface area contributed by atoms with Crippen molar-refractivity contribution in [2.24, 2.45) is 0 Å². The summed E-state index contributed by atoms with van der Waals surface area (Å²) >= 11 is 1.55. The summed E-state index contributed by atoms with van der Waals surface area (Å²) in [5.74, 6) is 0.291. The summed E-state index contributed by atoms with van der Waals surface area (Å²) in [4.78, 5) is 29.1. The number of anilines is 2. The minimum Gasteiger partial charge on any atom is -0.371 e. The molecule has 0 spiro atoms. The predicted molar refractivity (Wildman–Crippen MR) is 108 cm³/mol. The summed E-state index contributed by atoms with van der Waals surface area (Å²) in [5, 5.41) is 2.81. The molecule has 1 aromatic rings. The molecule has 2 heterocycles. The fourth-order valence-electron chi connectivity index (χ4n) is 3.51. The lowest BCUT2D eigenvalue weighted by atomic mass is 10.2. The van der Waals surface area contributed by atoms with Crippen molar-refractivity contribution in [2.45, 2.75) is 39.2 Å². The average Bonchev–Trinajstić information content (AvgIpc) is 3.32. The van der Waals surface area contributed by atoms with Crippen molar-refractivity contribution in [3.05, 3.63) is 35.7 Å². The van der Waals surface area contributed by atoms with Crippen LogP contribution in [0.4, 0.5) is 15.8 Å². The lowest BCUT2D eigenvalue weighted by molar-refractivity contribution is -0.133. The molecule has 1 atom stereocenters. The van der Waals surface area contributed by atoms with Gasteiger partial charge in [0, 0.05) is 35.8 Å². The number of amides is 2. The molecule has 3 rings (SSSR count). The van der Waals surface area contributed by atoms with Gasteiger partial charge in [-0.1, -0.05) is 13.0 Å². The Balaban J connectivity index is 1.72. The zero-order valence-corrected chi connectivity index (χ0v) is 16.7. The molecule has 1 unspecified atom stereocenters. The van der Waals surface area contributed by atoms with E-state index in [1.807, 2.05) is 19.1 Å². The number of nitrogens with zero attached hydrogens (tertiary/aromatic N) is 2. The molecule has 0 aliphatic carbocycles. The SMILES string of the molecule is CC/C=C(/C)C(=O)N1CSCC1C(=O)Nc1cc(F)cc(N2CCCC2)c1. The van der Waals surface area contributed by atoms with Gasteiger partial charge in [-0.25, -0.2) is 4.39 Å². The van der Waals surface area contributed by atoms with E-state index in [0.717, 1.165) is 38.0 Å². The highest BCUT2D eigenvalue weighted by Gasteiger charge is 2.35. The molecule has 2 saturated heterocycles. The third kappa shape index (κ3) is 4.64. The van der Waals surface area contributed by atoms with Gasteiger partial charge in [0.25, 0.3) is 5.91 Å². The average molecular weight is 392 g/mol. The van der Waals surface area contributed by atoms with Crippen LogP contribution in [0.3, 0.4) is 0 Å². The Morgan fingerprint density at radius 1 is 1.30 bits per heavy atom. The Bertz CT molecular complexity index is 747. The van der Waals surface area contributed by atoms with Gasteiger partial charge in [0.15, 0.2) is 0 Å². The third-order valence-electron chi connectivity index (χ3n) is 4.91. The molecule has 0 saturated carbocycles. The van der Waals surface area contributed by atoms with E-state index in [1.165, 1.54) is 12.1 Å². The van der Waals surface area contributed by atoms with E-state index in [9.17, 15) is 14.0 Å². The predicted octanol–water partition coefficient (Wildman–Crippen LogP) is 3.62. The molecule has 27 heavy (non-hydrogen) atoms. The van der Waals surface area contributed by atoms with Gasteiger partial charge in [-0.05, 0) is 44.4 Å². The highest BCUT2D eigenvalue weighted by molar-refractivity contribution is 7.99. The lowest BCUT2D eigenvalue weighted by Gasteiger charge is -2.24. The number of hydrogen-bond acceptors (Lipinski definition) is 4. The molecule has 2 aliphatic heterocycles. The molecule has 2 aliphatic rings. The van der Waals surface area contributed by atoms with E-state index in [2.05, 4.69) is 10.2 Å². The van der Waals surface area contributed by atoms with E-state index in [0.29, 0.717) is 22.9 Å². The van der Waals surface area contributed by atoms with Crippen molar-refractivity contribution in [3.63, 3.8) is 0 Å². The molecule has 2 amide bonds. The van der Waals surface area contributed by atoms with Gasteiger partial charge in [0.2, 0.25) is 5.91 Å². The van der Waals surface area contributed by atoms with E-state index in [1.54, 1.807) is 23.6 Å². The number of rotatable bonds is 5. The first-order valence-corrected chi connectivity index (χ1v) is 10.6. The molecule has 0 bridgehead atoms. The lowest BCUT2D eigenvalue weighted by Crippen LogP contribution is -2.44. The number of benzene rings is 1. The Hall–Kier alpha value is -2.02. The van der Waals surface area contributed by atoms with E-state index in [4.69, 9.17) is 0 Å². The Morgan fingerprint density at radius 2 is 2.04 bits per heavy atom. The van der Waals surface area contributed by atoms with Crippen LogP contribution in [0.15, 0.2) is 29.8 Å².